The standard InChI is InChI=1S/C31H35Cl2N3O4S/c1-21-12-14-29(15-13-21)41(39,40)36(28-17-25(32)16-26(33)18-28)20-30(37)35(19-24-9-5-4-8-22(24)2)23(3)31(38)34-27-10-6-7-11-27/h4-5,8-9,12-18,23,27H,6-7,10-11,19-20H2,1-3H3,(H,34,38). The number of benzene rings is 3. The fourth-order valence-electron chi connectivity index (χ4n) is 5.00. The van der Waals surface area contributed by atoms with Gasteiger partial charge in [-0.15, -0.1) is 0 Å². The summed E-state index contributed by atoms with van der Waals surface area (Å²) < 4.78 is 28.9. The molecular weight excluding hydrogens is 581 g/mol. The number of nitrogens with zero attached hydrogens (tertiary/aromatic N) is 2. The molecule has 0 aromatic heterocycles. The number of aryl methyl sites for hydroxylation is 2. The first-order valence-corrected chi connectivity index (χ1v) is 15.8. The zero-order valence-electron chi connectivity index (χ0n) is 23.4. The van der Waals surface area contributed by atoms with E-state index in [0.717, 1.165) is 46.7 Å². The number of nitrogens with one attached hydrogen (secondary N) is 1. The second-order valence-electron chi connectivity index (χ2n) is 10.6. The minimum Gasteiger partial charge on any atom is -0.352 e. The first-order chi connectivity index (χ1) is 19.5. The third-order valence-electron chi connectivity index (χ3n) is 7.49. The van der Waals surface area contributed by atoms with Crippen LogP contribution in [0.15, 0.2) is 71.6 Å². The molecule has 1 fully saturated rings. The SMILES string of the molecule is Cc1ccc(S(=O)(=O)N(CC(=O)N(Cc2ccccc2C)C(C)C(=O)NC2CCCC2)c2cc(Cl)cc(Cl)c2)cc1. The molecule has 2 amide bonds. The summed E-state index contributed by atoms with van der Waals surface area (Å²) in [7, 11) is -4.21. The summed E-state index contributed by atoms with van der Waals surface area (Å²) in [6.07, 6.45) is 3.92. The zero-order chi connectivity index (χ0) is 29.7. The lowest BCUT2D eigenvalue weighted by Crippen LogP contribution is -2.52. The normalized spacial score (nSPS) is 14.5. The minimum absolute atomic E-state index is 0.0180. The van der Waals surface area contributed by atoms with Gasteiger partial charge in [-0.2, -0.15) is 0 Å². The third-order valence-corrected chi connectivity index (χ3v) is 9.72. The molecule has 0 heterocycles. The van der Waals surface area contributed by atoms with E-state index in [2.05, 4.69) is 5.32 Å². The molecule has 4 rings (SSSR count). The molecule has 1 N–H and O–H groups in total. The molecule has 0 aliphatic heterocycles. The summed E-state index contributed by atoms with van der Waals surface area (Å²) in [4.78, 5) is 28.9. The Balaban J connectivity index is 1.72. The number of hydrogen-bond donors (Lipinski definition) is 1. The fraction of sp³-hybridized carbons (Fsp3) is 0.355. The van der Waals surface area contributed by atoms with Gasteiger partial charge in [0.05, 0.1) is 10.6 Å². The van der Waals surface area contributed by atoms with Gasteiger partial charge < -0.3 is 10.2 Å². The van der Waals surface area contributed by atoms with E-state index in [1.54, 1.807) is 19.1 Å². The highest BCUT2D eigenvalue weighted by molar-refractivity contribution is 7.92. The van der Waals surface area contributed by atoms with E-state index >= 15 is 0 Å². The van der Waals surface area contributed by atoms with Gasteiger partial charge in [0.1, 0.15) is 12.6 Å². The van der Waals surface area contributed by atoms with Crippen molar-refractivity contribution in [3.63, 3.8) is 0 Å². The van der Waals surface area contributed by atoms with Gasteiger partial charge in [0.15, 0.2) is 0 Å². The van der Waals surface area contributed by atoms with E-state index in [4.69, 9.17) is 23.2 Å². The van der Waals surface area contributed by atoms with E-state index in [1.165, 1.54) is 35.2 Å². The van der Waals surface area contributed by atoms with E-state index in [9.17, 15) is 18.0 Å². The van der Waals surface area contributed by atoms with Crippen molar-refractivity contribution in [2.24, 2.45) is 0 Å². The van der Waals surface area contributed by atoms with Crippen LogP contribution in [0.4, 0.5) is 5.69 Å². The minimum atomic E-state index is -4.21. The van der Waals surface area contributed by atoms with Crippen LogP contribution in [-0.4, -0.2) is 43.8 Å². The molecule has 3 aromatic carbocycles. The van der Waals surface area contributed by atoms with Crippen LogP contribution in [0.25, 0.3) is 0 Å². The predicted molar refractivity (Wildman–Crippen MR) is 164 cm³/mol. The van der Waals surface area contributed by atoms with Crippen LogP contribution in [0.1, 0.15) is 49.3 Å². The van der Waals surface area contributed by atoms with Crippen molar-refractivity contribution in [3.8, 4) is 0 Å². The number of sulfonamides is 1. The van der Waals surface area contributed by atoms with Crippen molar-refractivity contribution in [2.75, 3.05) is 10.8 Å². The highest BCUT2D eigenvalue weighted by atomic mass is 35.5. The molecule has 3 aromatic rings. The van der Waals surface area contributed by atoms with Crippen LogP contribution >= 0.6 is 23.2 Å². The summed E-state index contributed by atoms with van der Waals surface area (Å²) in [5.74, 6) is -0.799. The molecule has 0 saturated heterocycles. The number of carbonyl (C=O) groups excluding carboxylic acids is 2. The predicted octanol–water partition coefficient (Wildman–Crippen LogP) is 6.28. The Hall–Kier alpha value is -3.07. The average molecular weight is 617 g/mol. The summed E-state index contributed by atoms with van der Waals surface area (Å²) in [5, 5.41) is 3.53. The molecule has 1 aliphatic carbocycles. The zero-order valence-corrected chi connectivity index (χ0v) is 25.8. The molecular formula is C31H35Cl2N3O4S. The number of amides is 2. The van der Waals surface area contributed by atoms with Gasteiger partial charge in [0, 0.05) is 22.6 Å². The molecule has 1 aliphatic rings. The van der Waals surface area contributed by atoms with Crippen LogP contribution in [0.2, 0.25) is 10.0 Å². The maximum Gasteiger partial charge on any atom is 0.264 e. The first kappa shape index (κ1) is 30.9. The topological polar surface area (TPSA) is 86.8 Å². The quantitative estimate of drug-likeness (QED) is 0.291. The molecule has 41 heavy (non-hydrogen) atoms. The van der Waals surface area contributed by atoms with Gasteiger partial charge in [-0.1, -0.05) is 78.0 Å². The maximum absolute atomic E-state index is 14.1. The second-order valence-corrected chi connectivity index (χ2v) is 13.3. The average Bonchev–Trinajstić information content (AvgIpc) is 3.43. The smallest absolute Gasteiger partial charge is 0.264 e. The van der Waals surface area contributed by atoms with Crippen LogP contribution in [0, 0.1) is 13.8 Å². The van der Waals surface area contributed by atoms with Crippen molar-refractivity contribution in [3.05, 3.63) is 93.5 Å². The molecule has 1 saturated carbocycles. The van der Waals surface area contributed by atoms with Gasteiger partial charge >= 0.3 is 0 Å². The van der Waals surface area contributed by atoms with Gasteiger partial charge in [0.25, 0.3) is 10.0 Å². The van der Waals surface area contributed by atoms with Gasteiger partial charge in [-0.3, -0.25) is 13.9 Å². The Kier molecular flexibility index (Phi) is 10.00. The number of carbonyl (C=O) groups is 2. The monoisotopic (exact) mass is 615 g/mol. The maximum atomic E-state index is 14.1. The van der Waals surface area contributed by atoms with Crippen LogP contribution < -0.4 is 9.62 Å². The molecule has 0 spiro atoms. The van der Waals surface area contributed by atoms with E-state index in [0.29, 0.717) is 0 Å². The van der Waals surface area contributed by atoms with Gasteiger partial charge in [-0.05, 0) is 75.1 Å². The lowest BCUT2D eigenvalue weighted by molar-refractivity contribution is -0.139. The molecule has 0 radical (unpaired) electrons. The number of hydrogen-bond acceptors (Lipinski definition) is 4. The Bertz CT molecular complexity index is 1490. The molecule has 1 atom stereocenters. The third kappa shape index (κ3) is 7.61. The Morgan fingerprint density at radius 3 is 2.17 bits per heavy atom. The second kappa shape index (κ2) is 13.3. The lowest BCUT2D eigenvalue weighted by Gasteiger charge is -2.33. The Labute approximate surface area is 252 Å². The van der Waals surface area contributed by atoms with Crippen LogP contribution in [0.5, 0.6) is 0 Å². The summed E-state index contributed by atoms with van der Waals surface area (Å²) >= 11 is 12.5. The highest BCUT2D eigenvalue weighted by Gasteiger charge is 2.33. The van der Waals surface area contributed by atoms with Crippen molar-refractivity contribution < 1.29 is 18.0 Å². The molecule has 1 unspecified atom stereocenters. The van der Waals surface area contributed by atoms with Crippen molar-refractivity contribution in [2.45, 2.75) is 70.0 Å². The lowest BCUT2D eigenvalue weighted by atomic mass is 10.1. The van der Waals surface area contributed by atoms with Crippen molar-refractivity contribution >= 4 is 50.7 Å². The molecule has 10 heteroatoms. The number of rotatable bonds is 10. The first-order valence-electron chi connectivity index (χ1n) is 13.7. The van der Waals surface area contributed by atoms with E-state index in [-0.39, 0.29) is 39.1 Å². The molecule has 218 valence electrons. The van der Waals surface area contributed by atoms with Crippen LogP contribution in [0.3, 0.4) is 0 Å². The fourth-order valence-corrected chi connectivity index (χ4v) is 6.91. The largest absolute Gasteiger partial charge is 0.352 e. The Morgan fingerprint density at radius 1 is 0.951 bits per heavy atom. The highest BCUT2D eigenvalue weighted by Crippen LogP contribution is 2.30. The van der Waals surface area contributed by atoms with Crippen molar-refractivity contribution in [1.82, 2.24) is 10.2 Å². The van der Waals surface area contributed by atoms with Crippen molar-refractivity contribution in [1.29, 1.82) is 0 Å². The van der Waals surface area contributed by atoms with Gasteiger partial charge in [0.2, 0.25) is 11.8 Å². The molecule has 0 bridgehead atoms. The van der Waals surface area contributed by atoms with E-state index in [1.807, 2.05) is 38.1 Å². The summed E-state index contributed by atoms with van der Waals surface area (Å²) in [5.41, 5.74) is 2.86. The van der Waals surface area contributed by atoms with Gasteiger partial charge in [-0.25, -0.2) is 8.42 Å². The summed E-state index contributed by atoms with van der Waals surface area (Å²) in [6, 6.07) is 17.6. The number of halogens is 2. The number of anilines is 1. The molecule has 7 nitrogen and oxygen atoms in total. The Morgan fingerprint density at radius 2 is 1.56 bits per heavy atom. The summed E-state index contributed by atoms with van der Waals surface area (Å²) in [6.45, 7) is 5.05. The van der Waals surface area contributed by atoms with E-state index < -0.39 is 28.5 Å². The van der Waals surface area contributed by atoms with Crippen LogP contribution in [-0.2, 0) is 26.2 Å².